The van der Waals surface area contributed by atoms with E-state index in [1.165, 1.54) is 0 Å². The lowest BCUT2D eigenvalue weighted by Crippen LogP contribution is -2.28. The van der Waals surface area contributed by atoms with Crippen LogP contribution in [0, 0.1) is 0 Å². The first-order valence-electron chi connectivity index (χ1n) is 3.97. The first-order valence-corrected chi connectivity index (χ1v) is 3.97. The lowest BCUT2D eigenvalue weighted by atomic mass is 9.98. The Balaban J connectivity index is 2.93. The number of nitrogens with zero attached hydrogens (tertiary/aromatic N) is 1. The van der Waals surface area contributed by atoms with E-state index in [0.29, 0.717) is 0 Å². The van der Waals surface area contributed by atoms with Gasteiger partial charge in [-0.1, -0.05) is 6.07 Å². The first-order chi connectivity index (χ1) is 5.54. The van der Waals surface area contributed by atoms with Gasteiger partial charge in [0.15, 0.2) is 0 Å². The van der Waals surface area contributed by atoms with E-state index in [0.717, 1.165) is 11.4 Å². The van der Waals surface area contributed by atoms with Crippen molar-refractivity contribution in [1.82, 2.24) is 4.98 Å². The summed E-state index contributed by atoms with van der Waals surface area (Å²) in [7, 11) is 1.84. The molecule has 0 unspecified atom stereocenters. The Labute approximate surface area is 73.0 Å². The lowest BCUT2D eigenvalue weighted by molar-refractivity contribution is 0.552. The van der Waals surface area contributed by atoms with Gasteiger partial charge in [0.2, 0.25) is 0 Å². The van der Waals surface area contributed by atoms with Crippen molar-refractivity contribution in [3.8, 4) is 0 Å². The summed E-state index contributed by atoms with van der Waals surface area (Å²) in [5.74, 6) is 0.864. The van der Waals surface area contributed by atoms with Crippen LogP contribution in [0.4, 0.5) is 5.82 Å². The van der Waals surface area contributed by atoms with Gasteiger partial charge in [0.25, 0.3) is 0 Å². The molecule has 0 aliphatic heterocycles. The van der Waals surface area contributed by atoms with Crippen molar-refractivity contribution in [3.63, 3.8) is 0 Å². The van der Waals surface area contributed by atoms with Gasteiger partial charge in [-0.05, 0) is 25.5 Å². The normalized spacial score (nSPS) is 11.3. The molecule has 0 saturated heterocycles. The van der Waals surface area contributed by atoms with Crippen molar-refractivity contribution in [2.45, 2.75) is 19.4 Å². The zero-order valence-corrected chi connectivity index (χ0v) is 7.76. The average Bonchev–Trinajstić information content (AvgIpc) is 2.03. The summed E-state index contributed by atoms with van der Waals surface area (Å²) in [6, 6.07) is 3.91. The summed E-state index contributed by atoms with van der Waals surface area (Å²) in [6.07, 6.45) is 1.80. The molecule has 1 heterocycles. The van der Waals surface area contributed by atoms with Gasteiger partial charge >= 0.3 is 0 Å². The van der Waals surface area contributed by atoms with E-state index in [9.17, 15) is 0 Å². The molecule has 0 saturated carbocycles. The summed E-state index contributed by atoms with van der Waals surface area (Å²) in [6.45, 7) is 3.92. The Kier molecular flexibility index (Phi) is 2.33. The van der Waals surface area contributed by atoms with Gasteiger partial charge in [-0.2, -0.15) is 0 Å². The number of nitrogens with two attached hydrogens (primary N) is 1. The van der Waals surface area contributed by atoms with Crippen LogP contribution >= 0.6 is 0 Å². The Morgan fingerprint density at radius 2 is 2.08 bits per heavy atom. The van der Waals surface area contributed by atoms with E-state index in [2.05, 4.69) is 10.3 Å². The van der Waals surface area contributed by atoms with Crippen molar-refractivity contribution >= 4 is 5.82 Å². The largest absolute Gasteiger partial charge is 0.373 e. The topological polar surface area (TPSA) is 50.9 Å². The fourth-order valence-electron chi connectivity index (χ4n) is 0.923. The molecule has 0 aliphatic rings. The molecule has 0 atom stereocenters. The third-order valence-electron chi connectivity index (χ3n) is 1.76. The summed E-state index contributed by atoms with van der Waals surface area (Å²) < 4.78 is 0. The second-order valence-corrected chi connectivity index (χ2v) is 3.40. The van der Waals surface area contributed by atoms with E-state index >= 15 is 0 Å². The van der Waals surface area contributed by atoms with Crippen LogP contribution < -0.4 is 11.1 Å². The van der Waals surface area contributed by atoms with Crippen LogP contribution in [0.3, 0.4) is 0 Å². The van der Waals surface area contributed by atoms with Crippen molar-refractivity contribution in [1.29, 1.82) is 0 Å². The summed E-state index contributed by atoms with van der Waals surface area (Å²) >= 11 is 0. The number of pyridine rings is 1. The fourth-order valence-corrected chi connectivity index (χ4v) is 0.923. The van der Waals surface area contributed by atoms with Crippen LogP contribution in [0.1, 0.15) is 19.4 Å². The molecule has 3 nitrogen and oxygen atoms in total. The molecule has 0 spiro atoms. The molecule has 3 heteroatoms. The zero-order chi connectivity index (χ0) is 9.19. The van der Waals surface area contributed by atoms with Gasteiger partial charge in [-0.25, -0.2) is 4.98 Å². The standard InChI is InChI=1S/C9H15N3/c1-9(2,10)7-4-5-8(11-3)12-6-7/h4-6H,10H2,1-3H3,(H,11,12). The minimum atomic E-state index is -0.306. The molecule has 0 bridgehead atoms. The molecule has 0 radical (unpaired) electrons. The highest BCUT2D eigenvalue weighted by Gasteiger charge is 2.13. The molecular formula is C9H15N3. The molecular weight excluding hydrogens is 150 g/mol. The van der Waals surface area contributed by atoms with Gasteiger partial charge in [0, 0.05) is 18.8 Å². The van der Waals surface area contributed by atoms with Gasteiger partial charge in [-0.15, -0.1) is 0 Å². The second kappa shape index (κ2) is 3.11. The Morgan fingerprint density at radius 3 is 2.42 bits per heavy atom. The van der Waals surface area contributed by atoms with Crippen LogP contribution in [0.25, 0.3) is 0 Å². The smallest absolute Gasteiger partial charge is 0.125 e. The predicted octanol–water partition coefficient (Wildman–Crippen LogP) is 1.32. The van der Waals surface area contributed by atoms with E-state index in [4.69, 9.17) is 5.73 Å². The molecule has 12 heavy (non-hydrogen) atoms. The van der Waals surface area contributed by atoms with Crippen molar-refractivity contribution in [3.05, 3.63) is 23.9 Å². The average molecular weight is 165 g/mol. The molecule has 3 N–H and O–H groups in total. The molecule has 0 fully saturated rings. The summed E-state index contributed by atoms with van der Waals surface area (Å²) in [4.78, 5) is 4.17. The van der Waals surface area contributed by atoms with Crippen LogP contribution in [0.5, 0.6) is 0 Å². The lowest BCUT2D eigenvalue weighted by Gasteiger charge is -2.18. The number of nitrogens with one attached hydrogen (secondary N) is 1. The van der Waals surface area contributed by atoms with Gasteiger partial charge in [-0.3, -0.25) is 0 Å². The number of hydrogen-bond acceptors (Lipinski definition) is 3. The first kappa shape index (κ1) is 9.00. The van der Waals surface area contributed by atoms with Gasteiger partial charge in [0.05, 0.1) is 0 Å². The van der Waals surface area contributed by atoms with Crippen molar-refractivity contribution < 1.29 is 0 Å². The van der Waals surface area contributed by atoms with Crippen LogP contribution in [0.15, 0.2) is 18.3 Å². The molecule has 0 aliphatic carbocycles. The van der Waals surface area contributed by atoms with Gasteiger partial charge in [0.1, 0.15) is 5.82 Å². The highest BCUT2D eigenvalue weighted by molar-refractivity contribution is 5.35. The van der Waals surface area contributed by atoms with E-state index in [-0.39, 0.29) is 5.54 Å². The van der Waals surface area contributed by atoms with Crippen molar-refractivity contribution in [2.24, 2.45) is 5.73 Å². The van der Waals surface area contributed by atoms with E-state index in [1.807, 2.05) is 33.0 Å². The summed E-state index contributed by atoms with van der Waals surface area (Å²) in [5.41, 5.74) is 6.62. The third-order valence-corrected chi connectivity index (χ3v) is 1.76. The van der Waals surface area contributed by atoms with E-state index in [1.54, 1.807) is 6.20 Å². The molecule has 1 aromatic rings. The molecule has 0 aromatic carbocycles. The number of anilines is 1. The maximum atomic E-state index is 5.89. The second-order valence-electron chi connectivity index (χ2n) is 3.40. The quantitative estimate of drug-likeness (QED) is 0.694. The van der Waals surface area contributed by atoms with Crippen LogP contribution in [0.2, 0.25) is 0 Å². The van der Waals surface area contributed by atoms with E-state index < -0.39 is 0 Å². The van der Waals surface area contributed by atoms with Crippen LogP contribution in [-0.2, 0) is 5.54 Å². The maximum Gasteiger partial charge on any atom is 0.125 e. The summed E-state index contributed by atoms with van der Waals surface area (Å²) in [5, 5.41) is 2.95. The molecule has 1 aromatic heterocycles. The maximum absolute atomic E-state index is 5.89. The minimum absolute atomic E-state index is 0.306. The van der Waals surface area contributed by atoms with Crippen molar-refractivity contribution in [2.75, 3.05) is 12.4 Å². The number of hydrogen-bond donors (Lipinski definition) is 2. The highest BCUT2D eigenvalue weighted by Crippen LogP contribution is 2.16. The third kappa shape index (κ3) is 1.95. The Hall–Kier alpha value is -1.09. The predicted molar refractivity (Wildman–Crippen MR) is 51.0 cm³/mol. The number of aromatic nitrogens is 1. The molecule has 1 rings (SSSR count). The minimum Gasteiger partial charge on any atom is -0.373 e. The fraction of sp³-hybridized carbons (Fsp3) is 0.444. The Bertz CT molecular complexity index is 245. The van der Waals surface area contributed by atoms with Crippen LogP contribution in [-0.4, -0.2) is 12.0 Å². The monoisotopic (exact) mass is 165 g/mol. The SMILES string of the molecule is CNc1ccc(C(C)(C)N)cn1. The number of rotatable bonds is 2. The van der Waals surface area contributed by atoms with Gasteiger partial charge < -0.3 is 11.1 Å². The highest BCUT2D eigenvalue weighted by atomic mass is 14.9. The zero-order valence-electron chi connectivity index (χ0n) is 7.76. The molecule has 0 amide bonds. The molecule has 66 valence electrons. The Morgan fingerprint density at radius 1 is 1.42 bits per heavy atom.